The van der Waals surface area contributed by atoms with Crippen LogP contribution < -0.4 is 9.64 Å². The van der Waals surface area contributed by atoms with E-state index < -0.39 is 5.72 Å². The summed E-state index contributed by atoms with van der Waals surface area (Å²) in [6.07, 6.45) is 4.62. The predicted octanol–water partition coefficient (Wildman–Crippen LogP) is 3.74. The van der Waals surface area contributed by atoms with E-state index in [0.29, 0.717) is 13.2 Å². The van der Waals surface area contributed by atoms with Crippen LogP contribution in [-0.4, -0.2) is 35.2 Å². The molecule has 0 aliphatic carbocycles. The number of amidine groups is 1. The van der Waals surface area contributed by atoms with Crippen LogP contribution in [0.15, 0.2) is 54.6 Å². The minimum atomic E-state index is -1.06. The van der Waals surface area contributed by atoms with Gasteiger partial charge in [0.25, 0.3) is 11.6 Å². The molecular weight excluding hydrogens is 324 g/mol. The van der Waals surface area contributed by atoms with E-state index in [2.05, 4.69) is 21.6 Å². The van der Waals surface area contributed by atoms with Gasteiger partial charge >= 0.3 is 0 Å². The Balaban J connectivity index is 1.76. The molecule has 2 aliphatic rings. The monoisotopic (exact) mass is 351 g/mol. The molecule has 1 N–H and O–H groups in total. The maximum atomic E-state index is 11.8. The Morgan fingerprint density at radius 2 is 1.81 bits per heavy atom. The number of ether oxygens (including phenoxy) is 1. The van der Waals surface area contributed by atoms with Crippen LogP contribution in [0.4, 0.5) is 5.69 Å². The summed E-state index contributed by atoms with van der Waals surface area (Å²) in [6.45, 7) is 4.24. The van der Waals surface area contributed by atoms with Gasteiger partial charge in [0.1, 0.15) is 11.4 Å². The fourth-order valence-corrected chi connectivity index (χ4v) is 4.17. The van der Waals surface area contributed by atoms with Gasteiger partial charge in [-0.15, -0.1) is 0 Å². The minimum Gasteiger partial charge on any atom is -0.494 e. The highest BCUT2D eigenvalue weighted by Crippen LogP contribution is 2.38. The van der Waals surface area contributed by atoms with Crippen molar-refractivity contribution in [2.75, 3.05) is 24.6 Å². The second kappa shape index (κ2) is 7.12. The summed E-state index contributed by atoms with van der Waals surface area (Å²) in [4.78, 5) is 2.15. The molecule has 4 nitrogen and oxygen atoms in total. The molecule has 4 rings (SSSR count). The molecule has 0 amide bonds. The van der Waals surface area contributed by atoms with Crippen LogP contribution in [0.3, 0.4) is 0 Å². The molecule has 2 aromatic rings. The molecule has 2 aromatic carbocycles. The Labute approximate surface area is 155 Å². The quantitative estimate of drug-likeness (QED) is 0.853. The largest absolute Gasteiger partial charge is 0.494 e. The first-order valence-electron chi connectivity index (χ1n) is 9.64. The van der Waals surface area contributed by atoms with Gasteiger partial charge in [-0.25, -0.2) is 0 Å². The van der Waals surface area contributed by atoms with Crippen LogP contribution in [0.2, 0.25) is 0 Å². The SMILES string of the molecule is CCOc1ccc([C@@]2(O)C[N+]3=C(CCCCC3)N2c2ccccc2)cc1. The van der Waals surface area contributed by atoms with Gasteiger partial charge < -0.3 is 9.84 Å². The molecule has 0 bridgehead atoms. The van der Waals surface area contributed by atoms with E-state index in [-0.39, 0.29) is 0 Å². The normalized spacial score (nSPS) is 22.9. The van der Waals surface area contributed by atoms with Crippen LogP contribution in [0, 0.1) is 0 Å². The number of hydrogen-bond donors (Lipinski definition) is 1. The average Bonchev–Trinajstić information content (AvgIpc) is 2.79. The fraction of sp³-hybridized carbons (Fsp3) is 0.409. The van der Waals surface area contributed by atoms with Crippen molar-refractivity contribution in [2.24, 2.45) is 0 Å². The van der Waals surface area contributed by atoms with Crippen molar-refractivity contribution < 1.29 is 14.4 Å². The standard InChI is InChI=1S/C22H27N2O2/c1-2-26-20-14-12-18(13-15-20)22(25)17-23-16-8-4-7-11-21(23)24(22)19-9-5-3-6-10-19/h3,5-6,9-10,12-15,25H,2,4,7-8,11,16-17H2,1H3/q+1/t22-/m0/s1. The lowest BCUT2D eigenvalue weighted by Crippen LogP contribution is -2.47. The van der Waals surface area contributed by atoms with Gasteiger partial charge in [-0.05, 0) is 62.6 Å². The van der Waals surface area contributed by atoms with Gasteiger partial charge in [0.05, 0.1) is 13.2 Å². The number of nitrogens with zero attached hydrogens (tertiary/aromatic N) is 2. The zero-order valence-electron chi connectivity index (χ0n) is 15.4. The Kier molecular flexibility index (Phi) is 4.68. The van der Waals surface area contributed by atoms with E-state index in [1.54, 1.807) is 0 Å². The summed E-state index contributed by atoms with van der Waals surface area (Å²) in [5.41, 5.74) is 0.896. The maximum absolute atomic E-state index is 11.8. The first-order valence-corrected chi connectivity index (χ1v) is 9.64. The van der Waals surface area contributed by atoms with Gasteiger partial charge in [-0.1, -0.05) is 18.2 Å². The number of aliphatic hydroxyl groups is 1. The van der Waals surface area contributed by atoms with Crippen molar-refractivity contribution in [3.8, 4) is 5.75 Å². The molecule has 136 valence electrons. The molecule has 0 saturated heterocycles. The molecular formula is C22H27N2O2+. The lowest BCUT2D eigenvalue weighted by molar-refractivity contribution is -0.534. The van der Waals surface area contributed by atoms with Gasteiger partial charge in [0.2, 0.25) is 0 Å². The summed E-state index contributed by atoms with van der Waals surface area (Å²) in [5.74, 6) is 2.08. The predicted molar refractivity (Wildman–Crippen MR) is 104 cm³/mol. The molecule has 4 heteroatoms. The summed E-state index contributed by atoms with van der Waals surface area (Å²) in [7, 11) is 0. The lowest BCUT2D eigenvalue weighted by Gasteiger charge is -2.29. The van der Waals surface area contributed by atoms with Crippen molar-refractivity contribution in [3.05, 3.63) is 60.2 Å². The van der Waals surface area contributed by atoms with Crippen LogP contribution in [-0.2, 0) is 5.72 Å². The number of benzene rings is 2. The Morgan fingerprint density at radius 1 is 1.04 bits per heavy atom. The molecule has 0 fully saturated rings. The Hall–Kier alpha value is -2.33. The minimum absolute atomic E-state index is 0.602. The van der Waals surface area contributed by atoms with E-state index in [1.165, 1.54) is 25.1 Å². The number of hydrogen-bond acceptors (Lipinski definition) is 3. The van der Waals surface area contributed by atoms with Crippen molar-refractivity contribution in [1.29, 1.82) is 0 Å². The highest BCUT2D eigenvalue weighted by Gasteiger charge is 2.53. The maximum Gasteiger partial charge on any atom is 0.275 e. The van der Waals surface area contributed by atoms with E-state index in [0.717, 1.165) is 30.0 Å². The van der Waals surface area contributed by atoms with Gasteiger partial charge in [-0.2, -0.15) is 4.90 Å². The third-order valence-electron chi connectivity index (χ3n) is 5.37. The molecule has 0 saturated carbocycles. The molecule has 0 spiro atoms. The number of rotatable bonds is 4. The van der Waals surface area contributed by atoms with Crippen molar-refractivity contribution in [2.45, 2.75) is 38.3 Å². The highest BCUT2D eigenvalue weighted by atomic mass is 16.5. The molecule has 2 aliphatic heterocycles. The smallest absolute Gasteiger partial charge is 0.275 e. The molecule has 0 radical (unpaired) electrons. The number of anilines is 1. The lowest BCUT2D eigenvalue weighted by atomic mass is 9.99. The first kappa shape index (κ1) is 17.1. The van der Waals surface area contributed by atoms with Crippen LogP contribution >= 0.6 is 0 Å². The zero-order chi connectivity index (χ0) is 18.0. The molecule has 1 atom stereocenters. The molecule has 2 heterocycles. The van der Waals surface area contributed by atoms with Gasteiger partial charge in [0, 0.05) is 12.0 Å². The van der Waals surface area contributed by atoms with Crippen LogP contribution in [0.5, 0.6) is 5.75 Å². The van der Waals surface area contributed by atoms with Gasteiger partial charge in [0.15, 0.2) is 6.54 Å². The van der Waals surface area contributed by atoms with Crippen molar-refractivity contribution in [3.63, 3.8) is 0 Å². The van der Waals surface area contributed by atoms with Crippen LogP contribution in [0.1, 0.15) is 38.2 Å². The fourth-order valence-electron chi connectivity index (χ4n) is 4.17. The second-order valence-electron chi connectivity index (χ2n) is 7.09. The van der Waals surface area contributed by atoms with Crippen molar-refractivity contribution >= 4 is 11.5 Å². The van der Waals surface area contributed by atoms with Gasteiger partial charge in [-0.3, -0.25) is 4.58 Å². The zero-order valence-corrected chi connectivity index (χ0v) is 15.4. The summed E-state index contributed by atoms with van der Waals surface area (Å²) in [6, 6.07) is 18.2. The summed E-state index contributed by atoms with van der Waals surface area (Å²) in [5, 5.41) is 11.8. The topological polar surface area (TPSA) is 35.7 Å². The van der Waals surface area contributed by atoms with E-state index in [4.69, 9.17) is 4.74 Å². The third-order valence-corrected chi connectivity index (χ3v) is 5.37. The second-order valence-corrected chi connectivity index (χ2v) is 7.09. The Bertz CT molecular complexity index is 786. The van der Waals surface area contributed by atoms with E-state index >= 15 is 0 Å². The van der Waals surface area contributed by atoms with E-state index in [9.17, 15) is 5.11 Å². The highest BCUT2D eigenvalue weighted by molar-refractivity contribution is 5.97. The number of para-hydroxylation sites is 1. The Morgan fingerprint density at radius 3 is 2.54 bits per heavy atom. The summed E-state index contributed by atoms with van der Waals surface area (Å²) < 4.78 is 7.94. The van der Waals surface area contributed by atoms with Crippen molar-refractivity contribution in [1.82, 2.24) is 0 Å². The summed E-state index contributed by atoms with van der Waals surface area (Å²) >= 11 is 0. The third kappa shape index (κ3) is 2.99. The molecule has 0 unspecified atom stereocenters. The van der Waals surface area contributed by atoms with Crippen LogP contribution in [0.25, 0.3) is 0 Å². The van der Waals surface area contributed by atoms with E-state index in [1.807, 2.05) is 49.4 Å². The molecule has 0 aromatic heterocycles. The average molecular weight is 351 g/mol. The first-order chi connectivity index (χ1) is 12.7. The molecule has 26 heavy (non-hydrogen) atoms.